The number of nitrogens with zero attached hydrogens (tertiary/aromatic N) is 5. The van der Waals surface area contributed by atoms with Gasteiger partial charge in [0.15, 0.2) is 10.8 Å². The summed E-state index contributed by atoms with van der Waals surface area (Å²) in [6, 6.07) is 15.9. The van der Waals surface area contributed by atoms with Crippen molar-refractivity contribution < 1.29 is 4.74 Å². The van der Waals surface area contributed by atoms with E-state index in [1.807, 2.05) is 66.2 Å². The van der Waals surface area contributed by atoms with Crippen molar-refractivity contribution in [1.29, 1.82) is 0 Å². The molecule has 5 rings (SSSR count). The second-order valence-corrected chi connectivity index (χ2v) is 8.28. The van der Waals surface area contributed by atoms with Crippen LogP contribution in [0.4, 0.5) is 0 Å². The van der Waals surface area contributed by atoms with E-state index in [9.17, 15) is 0 Å². The minimum atomic E-state index is 0.0540. The number of imidazole rings is 1. The molecule has 0 aliphatic heterocycles. The van der Waals surface area contributed by atoms with Crippen LogP contribution in [0.2, 0.25) is 0 Å². The predicted octanol–water partition coefficient (Wildman–Crippen LogP) is 4.84. The second kappa shape index (κ2) is 7.46. The van der Waals surface area contributed by atoms with E-state index in [1.54, 1.807) is 18.9 Å². The smallest absolute Gasteiger partial charge is 0.192 e. The fourth-order valence-electron chi connectivity index (χ4n) is 3.38. The highest BCUT2D eigenvalue weighted by atomic mass is 32.2. The van der Waals surface area contributed by atoms with Gasteiger partial charge in [-0.25, -0.2) is 15.0 Å². The summed E-state index contributed by atoms with van der Waals surface area (Å²) in [7, 11) is 1.66. The number of benzene rings is 2. The first-order valence-electron chi connectivity index (χ1n) is 9.60. The van der Waals surface area contributed by atoms with Crippen LogP contribution in [0, 0.1) is 6.92 Å². The number of aromatic nitrogens is 6. The van der Waals surface area contributed by atoms with Gasteiger partial charge in [0, 0.05) is 5.39 Å². The Morgan fingerprint density at radius 1 is 1.07 bits per heavy atom. The molecule has 0 aliphatic rings. The Hall–Kier alpha value is -3.39. The van der Waals surface area contributed by atoms with Gasteiger partial charge in [0.2, 0.25) is 0 Å². The van der Waals surface area contributed by atoms with Crippen LogP contribution in [0.1, 0.15) is 23.8 Å². The maximum absolute atomic E-state index is 5.23. The zero-order valence-corrected chi connectivity index (χ0v) is 17.6. The molecule has 0 saturated heterocycles. The van der Waals surface area contributed by atoms with Crippen molar-refractivity contribution in [2.45, 2.75) is 24.3 Å². The van der Waals surface area contributed by atoms with Crippen LogP contribution < -0.4 is 4.74 Å². The monoisotopic (exact) mass is 416 g/mol. The molecule has 150 valence electrons. The molecule has 1 atom stereocenters. The summed E-state index contributed by atoms with van der Waals surface area (Å²) in [5.74, 6) is 2.44. The van der Waals surface area contributed by atoms with Crippen molar-refractivity contribution in [3.05, 3.63) is 66.4 Å². The number of H-pyrrole nitrogens is 1. The van der Waals surface area contributed by atoms with Crippen LogP contribution in [0.3, 0.4) is 0 Å². The van der Waals surface area contributed by atoms with Gasteiger partial charge in [0.25, 0.3) is 0 Å². The lowest BCUT2D eigenvalue weighted by atomic mass is 10.2. The first-order valence-corrected chi connectivity index (χ1v) is 10.5. The van der Waals surface area contributed by atoms with Gasteiger partial charge in [-0.2, -0.15) is 4.52 Å². The summed E-state index contributed by atoms with van der Waals surface area (Å²) in [6.07, 6.45) is 1.86. The van der Waals surface area contributed by atoms with E-state index in [-0.39, 0.29) is 5.25 Å². The highest BCUT2D eigenvalue weighted by Gasteiger charge is 2.18. The average Bonchev–Trinajstić information content (AvgIpc) is 3.41. The minimum absolute atomic E-state index is 0.0540. The van der Waals surface area contributed by atoms with Gasteiger partial charge in [-0.15, -0.1) is 5.10 Å². The highest BCUT2D eigenvalue weighted by molar-refractivity contribution is 7.99. The van der Waals surface area contributed by atoms with Gasteiger partial charge in [-0.1, -0.05) is 23.9 Å². The maximum Gasteiger partial charge on any atom is 0.192 e. The molecule has 1 unspecified atom stereocenters. The summed E-state index contributed by atoms with van der Waals surface area (Å²) >= 11 is 1.60. The molecule has 3 aromatic heterocycles. The number of aryl methyl sites for hydroxylation is 1. The fraction of sp³-hybridized carbons (Fsp3) is 0.182. The molecule has 2 aromatic carbocycles. The Labute approximate surface area is 177 Å². The molecule has 0 spiro atoms. The van der Waals surface area contributed by atoms with E-state index in [1.165, 1.54) is 0 Å². The molecule has 8 heteroatoms. The number of rotatable bonds is 5. The molecular formula is C22H20N6OS. The number of aromatic amines is 1. The average molecular weight is 417 g/mol. The molecule has 0 saturated carbocycles. The molecule has 3 heterocycles. The molecule has 0 radical (unpaired) electrons. The van der Waals surface area contributed by atoms with E-state index in [0.717, 1.165) is 50.4 Å². The number of hydrogen-bond acceptors (Lipinski definition) is 6. The van der Waals surface area contributed by atoms with E-state index >= 15 is 0 Å². The lowest BCUT2D eigenvalue weighted by Gasteiger charge is -2.10. The van der Waals surface area contributed by atoms with E-state index < -0.39 is 0 Å². The topological polar surface area (TPSA) is 81.0 Å². The Kier molecular flexibility index (Phi) is 4.63. The number of para-hydroxylation sites is 1. The van der Waals surface area contributed by atoms with Crippen LogP contribution in [-0.4, -0.2) is 36.7 Å². The number of ether oxygens (including phenoxy) is 1. The number of hydrogen-bond donors (Lipinski definition) is 1. The lowest BCUT2D eigenvalue weighted by Crippen LogP contribution is -2.01. The third-order valence-corrected chi connectivity index (χ3v) is 5.97. The van der Waals surface area contributed by atoms with Crippen LogP contribution in [0.5, 0.6) is 5.75 Å². The largest absolute Gasteiger partial charge is 0.497 e. The van der Waals surface area contributed by atoms with Crippen LogP contribution >= 0.6 is 11.8 Å². The summed E-state index contributed by atoms with van der Waals surface area (Å²) < 4.78 is 7.06. The molecule has 0 amide bonds. The summed E-state index contributed by atoms with van der Waals surface area (Å²) in [4.78, 5) is 17.5. The van der Waals surface area contributed by atoms with Crippen LogP contribution in [-0.2, 0) is 0 Å². The van der Waals surface area contributed by atoms with Crippen molar-refractivity contribution in [3.8, 4) is 17.0 Å². The maximum atomic E-state index is 5.23. The standard InChI is InChI=1S/C22H20N6OS/c1-13(20-23-12-19(25-20)15-8-10-16(29-3)11-9-15)30-22-26-18-7-5-4-6-17(18)21-24-14(2)27-28(21)22/h4-13H,1-3H3,(H,23,25). The third-order valence-electron chi connectivity index (χ3n) is 4.92. The Bertz CT molecular complexity index is 1340. The van der Waals surface area contributed by atoms with Crippen LogP contribution in [0.25, 0.3) is 27.8 Å². The number of nitrogens with one attached hydrogen (secondary N) is 1. The van der Waals surface area contributed by atoms with Gasteiger partial charge < -0.3 is 9.72 Å². The molecule has 7 nitrogen and oxygen atoms in total. The van der Waals surface area contributed by atoms with Gasteiger partial charge in [-0.05, 0) is 55.8 Å². The molecule has 0 bridgehead atoms. The zero-order chi connectivity index (χ0) is 20.7. The minimum Gasteiger partial charge on any atom is -0.497 e. The number of methoxy groups -OCH3 is 1. The first-order chi connectivity index (χ1) is 14.6. The molecule has 1 N–H and O–H groups in total. The Balaban J connectivity index is 1.47. The molecule has 30 heavy (non-hydrogen) atoms. The van der Waals surface area contributed by atoms with Crippen molar-refractivity contribution in [1.82, 2.24) is 29.5 Å². The summed E-state index contributed by atoms with van der Waals surface area (Å²) in [5, 5.41) is 6.40. The molecule has 5 aromatic rings. The first kappa shape index (κ1) is 18.6. The normalized spacial score (nSPS) is 12.5. The molecule has 0 aliphatic carbocycles. The second-order valence-electron chi connectivity index (χ2n) is 6.98. The number of fused-ring (bicyclic) bond motifs is 3. The predicted molar refractivity (Wildman–Crippen MR) is 118 cm³/mol. The lowest BCUT2D eigenvalue weighted by molar-refractivity contribution is 0.415. The Morgan fingerprint density at radius 3 is 2.67 bits per heavy atom. The third kappa shape index (κ3) is 3.29. The molecular weight excluding hydrogens is 396 g/mol. The molecule has 0 fully saturated rings. The van der Waals surface area contributed by atoms with Gasteiger partial charge in [-0.3, -0.25) is 0 Å². The zero-order valence-electron chi connectivity index (χ0n) is 16.8. The SMILES string of the molecule is COc1ccc(-c2cnc(C(C)Sc3nc4ccccc4c4nc(C)nn34)[nH]2)cc1. The van der Waals surface area contributed by atoms with E-state index in [4.69, 9.17) is 9.72 Å². The summed E-state index contributed by atoms with van der Waals surface area (Å²) in [5.41, 5.74) is 3.76. The van der Waals surface area contributed by atoms with Crippen molar-refractivity contribution in [3.63, 3.8) is 0 Å². The number of thioether (sulfide) groups is 1. The van der Waals surface area contributed by atoms with Crippen molar-refractivity contribution in [2.75, 3.05) is 7.11 Å². The summed E-state index contributed by atoms with van der Waals surface area (Å²) in [6.45, 7) is 4.00. The van der Waals surface area contributed by atoms with Crippen molar-refractivity contribution >= 4 is 28.3 Å². The Morgan fingerprint density at radius 2 is 1.87 bits per heavy atom. The van der Waals surface area contributed by atoms with Crippen LogP contribution in [0.15, 0.2) is 59.9 Å². The van der Waals surface area contributed by atoms with Gasteiger partial charge >= 0.3 is 0 Å². The van der Waals surface area contributed by atoms with Crippen molar-refractivity contribution in [2.24, 2.45) is 0 Å². The van der Waals surface area contributed by atoms with E-state index in [2.05, 4.69) is 27.0 Å². The highest BCUT2D eigenvalue weighted by Crippen LogP contribution is 2.34. The fourth-order valence-corrected chi connectivity index (χ4v) is 4.31. The van der Waals surface area contributed by atoms with Gasteiger partial charge in [0.1, 0.15) is 17.4 Å². The quantitative estimate of drug-likeness (QED) is 0.326. The van der Waals surface area contributed by atoms with E-state index in [0.29, 0.717) is 0 Å². The van der Waals surface area contributed by atoms with Gasteiger partial charge in [0.05, 0.1) is 29.8 Å².